The van der Waals surface area contributed by atoms with Gasteiger partial charge in [0.1, 0.15) is 12.4 Å². The molecular weight excluding hydrogens is 417 g/mol. The summed E-state index contributed by atoms with van der Waals surface area (Å²) >= 11 is 6.65. The number of methoxy groups -OCH3 is 1. The molecule has 0 amide bonds. The van der Waals surface area contributed by atoms with Crippen molar-refractivity contribution in [2.45, 2.75) is 18.4 Å². The number of hydrogen-bond donors (Lipinski definition) is 1. The Morgan fingerprint density at radius 2 is 2.16 bits per heavy atom. The summed E-state index contributed by atoms with van der Waals surface area (Å²) in [6.07, 6.45) is 1.02. The van der Waals surface area contributed by atoms with E-state index in [9.17, 15) is 9.18 Å². The highest BCUT2D eigenvalue weighted by molar-refractivity contribution is 6.32. The smallest absolute Gasteiger partial charge is 0.185 e. The van der Waals surface area contributed by atoms with Crippen molar-refractivity contribution in [3.05, 3.63) is 63.9 Å². The van der Waals surface area contributed by atoms with Crippen LogP contribution >= 0.6 is 11.6 Å². The third-order valence-corrected chi connectivity index (χ3v) is 7.04. The average Bonchev–Trinajstić information content (AvgIpc) is 3.23. The van der Waals surface area contributed by atoms with E-state index < -0.39 is 5.82 Å². The van der Waals surface area contributed by atoms with Gasteiger partial charge in [-0.1, -0.05) is 29.8 Å². The minimum atomic E-state index is -0.404. The molecule has 3 heterocycles. The van der Waals surface area contributed by atoms with Crippen molar-refractivity contribution in [3.63, 3.8) is 0 Å². The molecule has 0 spiro atoms. The topological polar surface area (TPSA) is 53.9 Å². The van der Waals surface area contributed by atoms with E-state index in [1.807, 2.05) is 24.3 Å². The van der Waals surface area contributed by atoms with Crippen LogP contribution in [0.5, 0.6) is 0 Å². The molecule has 7 heteroatoms. The molecule has 5 rings (SSSR count). The van der Waals surface area contributed by atoms with Gasteiger partial charge in [-0.3, -0.25) is 9.79 Å². The van der Waals surface area contributed by atoms with Crippen LogP contribution in [0.3, 0.4) is 0 Å². The standard InChI is InChI=1S/C24H25ClFN3O2/c1-31-9-8-29-7-6-14(13-29)23-22(16-4-2-3-5-18(16)25)24-21-17(20(30)12-27-24)10-15(26)11-19(21)28-23/h2-5,10-11,14,22-23,28H,6-9,12-13H2,1H3/t14-,22-,23-/m0/s1. The van der Waals surface area contributed by atoms with E-state index in [0.717, 1.165) is 42.9 Å². The number of ketones is 1. The van der Waals surface area contributed by atoms with Crippen molar-refractivity contribution >= 4 is 28.8 Å². The lowest BCUT2D eigenvalue weighted by atomic mass is 9.73. The van der Waals surface area contributed by atoms with Crippen molar-refractivity contribution < 1.29 is 13.9 Å². The van der Waals surface area contributed by atoms with Crippen LogP contribution in [0.25, 0.3) is 0 Å². The van der Waals surface area contributed by atoms with Gasteiger partial charge in [-0.05, 0) is 42.6 Å². The van der Waals surface area contributed by atoms with Crippen LogP contribution in [0.1, 0.15) is 33.8 Å². The summed E-state index contributed by atoms with van der Waals surface area (Å²) in [6, 6.07) is 10.6. The zero-order valence-corrected chi connectivity index (χ0v) is 18.2. The van der Waals surface area contributed by atoms with E-state index in [0.29, 0.717) is 28.8 Å². The molecule has 1 saturated heterocycles. The zero-order chi connectivity index (χ0) is 21.5. The highest BCUT2D eigenvalue weighted by atomic mass is 35.5. The average molecular weight is 442 g/mol. The van der Waals surface area contributed by atoms with Crippen LogP contribution in [-0.2, 0) is 4.74 Å². The van der Waals surface area contributed by atoms with Gasteiger partial charge >= 0.3 is 0 Å². The maximum atomic E-state index is 14.4. The molecule has 0 saturated carbocycles. The summed E-state index contributed by atoms with van der Waals surface area (Å²) in [7, 11) is 1.72. The molecule has 0 aromatic heterocycles. The molecular formula is C24H25ClFN3O2. The quantitative estimate of drug-likeness (QED) is 0.761. The van der Waals surface area contributed by atoms with E-state index in [4.69, 9.17) is 21.3 Å². The zero-order valence-electron chi connectivity index (χ0n) is 17.4. The van der Waals surface area contributed by atoms with E-state index in [1.54, 1.807) is 7.11 Å². The monoisotopic (exact) mass is 441 g/mol. The van der Waals surface area contributed by atoms with Gasteiger partial charge in [-0.25, -0.2) is 4.39 Å². The number of likely N-dealkylation sites (tertiary alicyclic amines) is 1. The maximum Gasteiger partial charge on any atom is 0.185 e. The Morgan fingerprint density at radius 3 is 2.97 bits per heavy atom. The second kappa shape index (κ2) is 8.34. The van der Waals surface area contributed by atoms with Gasteiger partial charge in [-0.2, -0.15) is 0 Å². The fraction of sp³-hybridized carbons (Fsp3) is 0.417. The van der Waals surface area contributed by atoms with Gasteiger partial charge in [0.2, 0.25) is 0 Å². The third kappa shape index (κ3) is 3.67. The molecule has 5 nitrogen and oxygen atoms in total. The lowest BCUT2D eigenvalue weighted by Crippen LogP contribution is -2.46. The van der Waals surface area contributed by atoms with E-state index in [1.165, 1.54) is 12.1 Å². The minimum Gasteiger partial charge on any atom is -0.383 e. The highest BCUT2D eigenvalue weighted by Gasteiger charge is 2.44. The number of carbonyl (C=O) groups excluding carboxylic acids is 1. The Kier molecular flexibility index (Phi) is 5.54. The number of carbonyl (C=O) groups is 1. The van der Waals surface area contributed by atoms with Crippen LogP contribution in [0, 0.1) is 11.7 Å². The molecule has 1 N–H and O–H groups in total. The number of Topliss-reactive ketones (excluding diaryl/α,β-unsaturated/α-hetero) is 1. The van der Waals surface area contributed by atoms with E-state index in [-0.39, 0.29) is 24.3 Å². The number of rotatable bonds is 5. The summed E-state index contributed by atoms with van der Waals surface area (Å²) in [4.78, 5) is 19.6. The predicted octanol–water partition coefficient (Wildman–Crippen LogP) is 4.01. The first-order valence-corrected chi connectivity index (χ1v) is 11.1. The van der Waals surface area contributed by atoms with Crippen molar-refractivity contribution in [3.8, 4) is 0 Å². The predicted molar refractivity (Wildman–Crippen MR) is 120 cm³/mol. The van der Waals surface area contributed by atoms with Crippen molar-refractivity contribution in [1.82, 2.24) is 4.90 Å². The number of hydrogen-bond acceptors (Lipinski definition) is 5. The fourth-order valence-electron chi connectivity index (χ4n) is 5.26. The summed E-state index contributed by atoms with van der Waals surface area (Å²) in [6.45, 7) is 3.55. The second-order valence-electron chi connectivity index (χ2n) is 8.51. The van der Waals surface area contributed by atoms with Crippen molar-refractivity contribution in [1.29, 1.82) is 0 Å². The first-order valence-electron chi connectivity index (χ1n) is 10.7. The number of halogens is 2. The van der Waals surface area contributed by atoms with E-state index in [2.05, 4.69) is 10.2 Å². The molecule has 0 unspecified atom stereocenters. The second-order valence-corrected chi connectivity index (χ2v) is 8.92. The SMILES string of the molecule is COCCN1CC[C@H]([C@@H]2Nc3cc(F)cc4c3C(=NCC4=O)[C@H]2c2ccccc2Cl)C1. The molecule has 0 bridgehead atoms. The number of benzene rings is 2. The van der Waals surface area contributed by atoms with Gasteiger partial charge in [0, 0.05) is 54.0 Å². The summed E-state index contributed by atoms with van der Waals surface area (Å²) in [5, 5.41) is 4.28. The van der Waals surface area contributed by atoms with Crippen LogP contribution in [0.4, 0.5) is 10.1 Å². The Balaban J connectivity index is 1.60. The van der Waals surface area contributed by atoms with Crippen LogP contribution in [0.2, 0.25) is 5.02 Å². The normalized spacial score (nSPS) is 25.2. The van der Waals surface area contributed by atoms with Crippen LogP contribution in [-0.4, -0.2) is 62.3 Å². The molecule has 0 radical (unpaired) electrons. The molecule has 31 heavy (non-hydrogen) atoms. The van der Waals surface area contributed by atoms with Crippen molar-refractivity contribution in [2.75, 3.05) is 45.2 Å². The highest BCUT2D eigenvalue weighted by Crippen LogP contribution is 2.44. The molecule has 2 aromatic rings. The summed E-state index contributed by atoms with van der Waals surface area (Å²) in [5.41, 5.74) is 3.64. The molecule has 1 fully saturated rings. The molecule has 3 atom stereocenters. The number of aliphatic imine (C=N–C) groups is 1. The van der Waals surface area contributed by atoms with Crippen LogP contribution in [0.15, 0.2) is 41.4 Å². The Hall–Kier alpha value is -2.28. The van der Waals surface area contributed by atoms with Gasteiger partial charge in [0.15, 0.2) is 5.78 Å². The first-order chi connectivity index (χ1) is 15.1. The number of nitrogens with one attached hydrogen (secondary N) is 1. The largest absolute Gasteiger partial charge is 0.383 e. The molecule has 3 aliphatic rings. The lowest BCUT2D eigenvalue weighted by Gasteiger charge is -2.41. The number of ether oxygens (including phenoxy) is 1. The number of anilines is 1. The third-order valence-electron chi connectivity index (χ3n) is 6.70. The van der Waals surface area contributed by atoms with Crippen LogP contribution < -0.4 is 5.32 Å². The van der Waals surface area contributed by atoms with E-state index >= 15 is 0 Å². The van der Waals surface area contributed by atoms with Gasteiger partial charge in [0.05, 0.1) is 12.3 Å². The maximum absolute atomic E-state index is 14.4. The molecule has 2 aromatic carbocycles. The van der Waals surface area contributed by atoms with Crippen molar-refractivity contribution in [2.24, 2.45) is 10.9 Å². The molecule has 3 aliphatic heterocycles. The first kappa shape index (κ1) is 20.6. The summed E-state index contributed by atoms with van der Waals surface area (Å²) < 4.78 is 19.6. The Morgan fingerprint density at radius 1 is 1.32 bits per heavy atom. The number of nitrogens with zero attached hydrogens (tertiary/aromatic N) is 2. The van der Waals surface area contributed by atoms with Gasteiger partial charge < -0.3 is 15.0 Å². The lowest BCUT2D eigenvalue weighted by molar-refractivity contribution is 0.0999. The molecule has 162 valence electrons. The summed E-state index contributed by atoms with van der Waals surface area (Å²) in [5.74, 6) is -0.326. The fourth-order valence-corrected chi connectivity index (χ4v) is 5.52. The van der Waals surface area contributed by atoms with Gasteiger partial charge in [-0.15, -0.1) is 0 Å². The Labute approximate surface area is 186 Å². The minimum absolute atomic E-state index is 0.00143. The molecule has 0 aliphatic carbocycles. The van der Waals surface area contributed by atoms with Gasteiger partial charge in [0.25, 0.3) is 0 Å². The Bertz CT molecular complexity index is 1060.